The quantitative estimate of drug-likeness (QED) is 0.433. The van der Waals surface area contributed by atoms with E-state index in [4.69, 9.17) is 4.84 Å². The molecule has 0 heterocycles. The molecule has 2 aromatic rings. The zero-order valence-electron chi connectivity index (χ0n) is 14.2. The molecule has 0 aromatic heterocycles. The van der Waals surface area contributed by atoms with E-state index in [1.54, 1.807) is 24.3 Å². The van der Waals surface area contributed by atoms with E-state index in [-0.39, 0.29) is 12.4 Å². The van der Waals surface area contributed by atoms with Crippen LogP contribution in [0.3, 0.4) is 0 Å². The summed E-state index contributed by atoms with van der Waals surface area (Å²) in [7, 11) is 1.29. The molecule has 142 valence electrons. The Morgan fingerprint density at radius 2 is 1.78 bits per heavy atom. The molecule has 0 aliphatic rings. The summed E-state index contributed by atoms with van der Waals surface area (Å²) < 4.78 is 32.9. The van der Waals surface area contributed by atoms with E-state index >= 15 is 0 Å². The minimum Gasteiger partial charge on any atom is -0.465 e. The fourth-order valence-corrected chi connectivity index (χ4v) is 1.93. The lowest BCUT2D eigenvalue weighted by Crippen LogP contribution is -2.16. The minimum absolute atomic E-state index is 0.0120. The van der Waals surface area contributed by atoms with Crippen LogP contribution in [-0.4, -0.2) is 38.4 Å². The molecule has 0 spiro atoms. The van der Waals surface area contributed by atoms with Crippen molar-refractivity contribution in [3.63, 3.8) is 0 Å². The van der Waals surface area contributed by atoms with Gasteiger partial charge in [0.05, 0.1) is 18.9 Å². The van der Waals surface area contributed by atoms with E-state index < -0.39 is 18.5 Å². The molecule has 1 N–H and O–H groups in total. The Hall–Kier alpha value is -3.49. The Kier molecular flexibility index (Phi) is 7.24. The zero-order valence-corrected chi connectivity index (χ0v) is 14.2. The Morgan fingerprint density at radius 3 is 2.37 bits per heavy atom. The topological polar surface area (TPSA) is 86.2 Å². The second-order valence-electron chi connectivity index (χ2n) is 5.07. The smallest absolute Gasteiger partial charge is 0.387 e. The molecular weight excluding hydrogens is 362 g/mol. The van der Waals surface area contributed by atoms with E-state index in [0.717, 1.165) is 0 Å². The average Bonchev–Trinajstić information content (AvgIpc) is 2.66. The van der Waals surface area contributed by atoms with Crippen LogP contribution in [0.5, 0.6) is 5.75 Å². The zero-order chi connectivity index (χ0) is 19.6. The highest BCUT2D eigenvalue weighted by Gasteiger charge is 2.06. The van der Waals surface area contributed by atoms with E-state index in [0.29, 0.717) is 16.8 Å². The number of hydrogen-bond acceptors (Lipinski definition) is 6. The maximum absolute atomic E-state index is 12.1. The van der Waals surface area contributed by atoms with Crippen molar-refractivity contribution in [1.82, 2.24) is 0 Å². The van der Waals surface area contributed by atoms with Crippen molar-refractivity contribution in [2.45, 2.75) is 6.61 Å². The first kappa shape index (κ1) is 19.8. The lowest BCUT2D eigenvalue weighted by atomic mass is 10.1. The van der Waals surface area contributed by atoms with Gasteiger partial charge in [-0.05, 0) is 42.0 Å². The summed E-state index contributed by atoms with van der Waals surface area (Å²) in [6.07, 6.45) is 1.38. The summed E-state index contributed by atoms with van der Waals surface area (Å²) in [6, 6.07) is 11.9. The standard InChI is InChI=1S/C18H16F2N2O5/c1-25-17(24)13-4-2-12(3-5-13)10-21-26-11-16(23)22-14-6-8-15(9-7-14)27-18(19)20/h2-10,18H,11H2,1H3,(H,22,23)/b21-10+. The van der Waals surface area contributed by atoms with Crippen molar-refractivity contribution in [2.24, 2.45) is 5.16 Å². The van der Waals surface area contributed by atoms with E-state index in [1.807, 2.05) is 0 Å². The number of benzene rings is 2. The van der Waals surface area contributed by atoms with Crippen LogP contribution in [0.25, 0.3) is 0 Å². The van der Waals surface area contributed by atoms with Crippen LogP contribution >= 0.6 is 0 Å². The summed E-state index contributed by atoms with van der Waals surface area (Å²) in [5, 5.41) is 6.17. The summed E-state index contributed by atoms with van der Waals surface area (Å²) in [5.41, 5.74) is 1.46. The first-order chi connectivity index (χ1) is 13.0. The number of halogens is 2. The van der Waals surface area contributed by atoms with Crippen molar-refractivity contribution in [3.05, 3.63) is 59.7 Å². The predicted molar refractivity (Wildman–Crippen MR) is 93.0 cm³/mol. The monoisotopic (exact) mass is 378 g/mol. The maximum atomic E-state index is 12.1. The summed E-state index contributed by atoms with van der Waals surface area (Å²) in [5.74, 6) is -0.932. The number of carbonyl (C=O) groups excluding carboxylic acids is 2. The van der Waals surface area contributed by atoms with Crippen LogP contribution in [0.4, 0.5) is 14.5 Å². The maximum Gasteiger partial charge on any atom is 0.387 e. The summed E-state index contributed by atoms with van der Waals surface area (Å²) in [6.45, 7) is -3.25. The number of anilines is 1. The molecule has 0 bridgehead atoms. The van der Waals surface area contributed by atoms with Crippen LogP contribution in [0.15, 0.2) is 53.7 Å². The van der Waals surface area contributed by atoms with Crippen LogP contribution in [-0.2, 0) is 14.4 Å². The molecule has 0 aliphatic heterocycles. The van der Waals surface area contributed by atoms with Crippen LogP contribution in [0.2, 0.25) is 0 Å². The Bertz CT molecular complexity index is 792. The highest BCUT2D eigenvalue weighted by atomic mass is 19.3. The fourth-order valence-electron chi connectivity index (χ4n) is 1.93. The number of alkyl halides is 2. The molecule has 27 heavy (non-hydrogen) atoms. The van der Waals surface area contributed by atoms with E-state index in [2.05, 4.69) is 19.9 Å². The fraction of sp³-hybridized carbons (Fsp3) is 0.167. The number of ether oxygens (including phenoxy) is 2. The van der Waals surface area contributed by atoms with Crippen LogP contribution in [0, 0.1) is 0 Å². The molecule has 9 heteroatoms. The number of hydrogen-bond donors (Lipinski definition) is 1. The first-order valence-corrected chi connectivity index (χ1v) is 7.66. The highest BCUT2D eigenvalue weighted by Crippen LogP contribution is 2.17. The molecule has 0 radical (unpaired) electrons. The Labute approximate surface area is 153 Å². The Morgan fingerprint density at radius 1 is 1.11 bits per heavy atom. The predicted octanol–water partition coefficient (Wildman–Crippen LogP) is 3.06. The van der Waals surface area contributed by atoms with Gasteiger partial charge in [0.1, 0.15) is 5.75 Å². The number of nitrogens with zero attached hydrogens (tertiary/aromatic N) is 1. The van der Waals surface area contributed by atoms with Crippen molar-refractivity contribution in [1.29, 1.82) is 0 Å². The highest BCUT2D eigenvalue weighted by molar-refractivity contribution is 5.92. The van der Waals surface area contributed by atoms with E-state index in [1.165, 1.54) is 37.6 Å². The number of carbonyl (C=O) groups is 2. The van der Waals surface area contributed by atoms with Gasteiger partial charge < -0.3 is 19.6 Å². The van der Waals surface area contributed by atoms with Gasteiger partial charge >= 0.3 is 12.6 Å². The van der Waals surface area contributed by atoms with Gasteiger partial charge in [-0.2, -0.15) is 8.78 Å². The van der Waals surface area contributed by atoms with Crippen molar-refractivity contribution in [3.8, 4) is 5.75 Å². The van der Waals surface area contributed by atoms with Crippen LogP contribution in [0.1, 0.15) is 15.9 Å². The Balaban J connectivity index is 1.76. The van der Waals surface area contributed by atoms with Gasteiger partial charge in [-0.1, -0.05) is 17.3 Å². The van der Waals surface area contributed by atoms with Gasteiger partial charge in [0, 0.05) is 5.69 Å². The summed E-state index contributed by atoms with van der Waals surface area (Å²) in [4.78, 5) is 27.9. The van der Waals surface area contributed by atoms with Gasteiger partial charge in [0.2, 0.25) is 0 Å². The first-order valence-electron chi connectivity index (χ1n) is 7.66. The minimum atomic E-state index is -2.91. The van der Waals surface area contributed by atoms with Crippen LogP contribution < -0.4 is 10.1 Å². The SMILES string of the molecule is COC(=O)c1ccc(/C=N/OCC(=O)Nc2ccc(OC(F)F)cc2)cc1. The van der Waals surface area contributed by atoms with Gasteiger partial charge in [-0.3, -0.25) is 4.79 Å². The number of esters is 1. The average molecular weight is 378 g/mol. The molecule has 0 unspecified atom stereocenters. The number of amides is 1. The number of nitrogens with one attached hydrogen (secondary N) is 1. The van der Waals surface area contributed by atoms with E-state index in [9.17, 15) is 18.4 Å². The third-order valence-electron chi connectivity index (χ3n) is 3.17. The normalized spacial score (nSPS) is 10.7. The summed E-state index contributed by atoms with van der Waals surface area (Å²) >= 11 is 0. The third-order valence-corrected chi connectivity index (χ3v) is 3.17. The molecule has 0 atom stereocenters. The second kappa shape index (κ2) is 9.85. The lowest BCUT2D eigenvalue weighted by molar-refractivity contribution is -0.120. The number of rotatable bonds is 8. The van der Waals surface area contributed by atoms with Gasteiger partial charge in [-0.15, -0.1) is 0 Å². The lowest BCUT2D eigenvalue weighted by Gasteiger charge is -2.07. The molecular formula is C18H16F2N2O5. The molecule has 0 fully saturated rings. The molecule has 2 rings (SSSR count). The van der Waals surface area contributed by atoms with Gasteiger partial charge in [0.15, 0.2) is 6.61 Å². The number of methoxy groups -OCH3 is 1. The van der Waals surface area contributed by atoms with Crippen molar-refractivity contribution >= 4 is 23.8 Å². The number of oxime groups is 1. The third kappa shape index (κ3) is 6.73. The largest absolute Gasteiger partial charge is 0.465 e. The molecule has 1 amide bonds. The molecule has 0 saturated heterocycles. The second-order valence-corrected chi connectivity index (χ2v) is 5.07. The van der Waals surface area contributed by atoms with Crippen molar-refractivity contribution in [2.75, 3.05) is 19.0 Å². The molecule has 0 aliphatic carbocycles. The van der Waals surface area contributed by atoms with Gasteiger partial charge in [0.25, 0.3) is 5.91 Å². The molecule has 2 aromatic carbocycles. The van der Waals surface area contributed by atoms with Gasteiger partial charge in [-0.25, -0.2) is 4.79 Å². The van der Waals surface area contributed by atoms with Crippen molar-refractivity contribution < 1.29 is 32.7 Å². The molecule has 7 nitrogen and oxygen atoms in total. The molecule has 0 saturated carbocycles.